The van der Waals surface area contributed by atoms with Crippen molar-refractivity contribution >= 4 is 28.7 Å². The predicted molar refractivity (Wildman–Crippen MR) is 90.6 cm³/mol. The number of nitrogen functional groups attached to an aromatic ring is 1. The van der Waals surface area contributed by atoms with Gasteiger partial charge in [0.25, 0.3) is 5.91 Å². The summed E-state index contributed by atoms with van der Waals surface area (Å²) in [5, 5.41) is 6.04. The van der Waals surface area contributed by atoms with Crippen LogP contribution in [0.25, 0.3) is 0 Å². The fourth-order valence-corrected chi connectivity index (χ4v) is 2.04. The van der Waals surface area contributed by atoms with Crippen LogP contribution in [0.1, 0.15) is 10.5 Å². The number of nitrogens with two attached hydrogens (primary N) is 1. The number of benzene rings is 1. The predicted octanol–water partition coefficient (Wildman–Crippen LogP) is 3.05. The molecule has 4 N–H and O–H groups in total. The van der Waals surface area contributed by atoms with Crippen molar-refractivity contribution in [3.05, 3.63) is 72.8 Å². The fourth-order valence-electron chi connectivity index (χ4n) is 2.04. The number of rotatable bonds is 4. The highest BCUT2D eigenvalue weighted by atomic mass is 16.1. The standard InChI is InChI=1S/C17H15N5O/c18-12-4-9-20-16(10-12)17(23)22-15-3-1-2-14(11-15)21-13-5-7-19-8-6-13/h1-11H,(H2,18,20)(H,19,21)(H,22,23). The van der Waals surface area contributed by atoms with Gasteiger partial charge >= 0.3 is 0 Å². The van der Waals surface area contributed by atoms with Crippen LogP contribution in [0.2, 0.25) is 0 Å². The molecule has 0 saturated carbocycles. The lowest BCUT2D eigenvalue weighted by Crippen LogP contribution is -2.13. The Morgan fingerprint density at radius 2 is 1.70 bits per heavy atom. The van der Waals surface area contributed by atoms with E-state index in [1.807, 2.05) is 36.4 Å². The van der Waals surface area contributed by atoms with Crippen molar-refractivity contribution in [3.63, 3.8) is 0 Å². The van der Waals surface area contributed by atoms with Crippen LogP contribution in [-0.4, -0.2) is 15.9 Å². The van der Waals surface area contributed by atoms with E-state index < -0.39 is 0 Å². The molecule has 1 amide bonds. The van der Waals surface area contributed by atoms with Gasteiger partial charge in [-0.25, -0.2) is 0 Å². The molecule has 0 spiro atoms. The minimum Gasteiger partial charge on any atom is -0.399 e. The molecule has 0 aliphatic rings. The number of nitrogens with one attached hydrogen (secondary N) is 2. The van der Waals surface area contributed by atoms with Crippen LogP contribution in [0.4, 0.5) is 22.7 Å². The number of amides is 1. The molecule has 3 rings (SSSR count). The van der Waals surface area contributed by atoms with Crippen molar-refractivity contribution in [3.8, 4) is 0 Å². The molecule has 0 aliphatic heterocycles. The van der Waals surface area contributed by atoms with Gasteiger partial charge in [0, 0.05) is 41.3 Å². The third-order valence-electron chi connectivity index (χ3n) is 3.11. The molecule has 2 heterocycles. The summed E-state index contributed by atoms with van der Waals surface area (Å²) < 4.78 is 0. The third kappa shape index (κ3) is 3.82. The zero-order valence-electron chi connectivity index (χ0n) is 12.2. The first-order valence-corrected chi connectivity index (χ1v) is 7.01. The maximum Gasteiger partial charge on any atom is 0.274 e. The second kappa shape index (κ2) is 6.57. The maximum atomic E-state index is 12.2. The molecule has 3 aromatic rings. The second-order valence-corrected chi connectivity index (χ2v) is 4.87. The highest BCUT2D eigenvalue weighted by Crippen LogP contribution is 2.20. The summed E-state index contributed by atoms with van der Waals surface area (Å²) in [7, 11) is 0. The summed E-state index contributed by atoms with van der Waals surface area (Å²) >= 11 is 0. The summed E-state index contributed by atoms with van der Waals surface area (Å²) in [6.45, 7) is 0. The molecule has 1 aromatic carbocycles. The minimum absolute atomic E-state index is 0.275. The lowest BCUT2D eigenvalue weighted by Gasteiger charge is -2.09. The number of nitrogens with zero attached hydrogens (tertiary/aromatic N) is 2. The molecule has 0 aliphatic carbocycles. The topological polar surface area (TPSA) is 92.9 Å². The molecule has 2 aromatic heterocycles. The van der Waals surface area contributed by atoms with Crippen molar-refractivity contribution in [2.45, 2.75) is 0 Å². The van der Waals surface area contributed by atoms with E-state index in [4.69, 9.17) is 5.73 Å². The summed E-state index contributed by atoms with van der Waals surface area (Å²) in [5.74, 6) is -0.307. The van der Waals surface area contributed by atoms with E-state index in [-0.39, 0.29) is 11.6 Å². The molecule has 6 heteroatoms. The van der Waals surface area contributed by atoms with Crippen LogP contribution in [0.3, 0.4) is 0 Å². The molecule has 23 heavy (non-hydrogen) atoms. The van der Waals surface area contributed by atoms with E-state index in [1.54, 1.807) is 18.5 Å². The van der Waals surface area contributed by atoms with Crippen LogP contribution in [-0.2, 0) is 0 Å². The molecular formula is C17H15N5O. The Balaban J connectivity index is 1.74. The Labute approximate surface area is 133 Å². The van der Waals surface area contributed by atoms with Crippen molar-refractivity contribution < 1.29 is 4.79 Å². The lowest BCUT2D eigenvalue weighted by molar-refractivity contribution is 0.102. The van der Waals surface area contributed by atoms with E-state index in [9.17, 15) is 4.79 Å². The highest BCUT2D eigenvalue weighted by molar-refractivity contribution is 6.03. The molecular weight excluding hydrogens is 290 g/mol. The summed E-state index contributed by atoms with van der Waals surface area (Å²) in [4.78, 5) is 20.2. The van der Waals surface area contributed by atoms with Crippen LogP contribution in [0.15, 0.2) is 67.1 Å². The van der Waals surface area contributed by atoms with Crippen molar-refractivity contribution in [1.29, 1.82) is 0 Å². The van der Waals surface area contributed by atoms with E-state index >= 15 is 0 Å². The summed E-state index contributed by atoms with van der Waals surface area (Å²) in [6.07, 6.45) is 4.92. The zero-order chi connectivity index (χ0) is 16.1. The fraction of sp³-hybridized carbons (Fsp3) is 0. The molecule has 6 nitrogen and oxygen atoms in total. The van der Waals surface area contributed by atoms with Crippen LogP contribution in [0, 0.1) is 0 Å². The number of carbonyl (C=O) groups is 1. The van der Waals surface area contributed by atoms with Crippen molar-refractivity contribution in [2.75, 3.05) is 16.4 Å². The highest BCUT2D eigenvalue weighted by Gasteiger charge is 2.08. The third-order valence-corrected chi connectivity index (χ3v) is 3.11. The largest absolute Gasteiger partial charge is 0.399 e. The van der Waals surface area contributed by atoms with Gasteiger partial charge in [-0.15, -0.1) is 0 Å². The van der Waals surface area contributed by atoms with E-state index in [0.29, 0.717) is 11.4 Å². The SMILES string of the molecule is Nc1ccnc(C(=O)Nc2cccc(Nc3ccncc3)c2)c1. The van der Waals surface area contributed by atoms with Gasteiger partial charge < -0.3 is 16.4 Å². The number of pyridine rings is 2. The molecule has 0 fully saturated rings. The second-order valence-electron chi connectivity index (χ2n) is 4.87. The van der Waals surface area contributed by atoms with Crippen LogP contribution in [0.5, 0.6) is 0 Å². The van der Waals surface area contributed by atoms with E-state index in [0.717, 1.165) is 11.4 Å². The molecule has 0 unspecified atom stereocenters. The van der Waals surface area contributed by atoms with Gasteiger partial charge in [-0.1, -0.05) is 6.07 Å². The molecule has 0 bridgehead atoms. The molecule has 0 saturated heterocycles. The quantitative estimate of drug-likeness (QED) is 0.689. The zero-order valence-corrected chi connectivity index (χ0v) is 12.2. The number of anilines is 4. The van der Waals surface area contributed by atoms with Gasteiger partial charge in [0.2, 0.25) is 0 Å². The first-order valence-electron chi connectivity index (χ1n) is 7.01. The minimum atomic E-state index is -0.307. The Morgan fingerprint density at radius 3 is 2.48 bits per heavy atom. The van der Waals surface area contributed by atoms with Gasteiger partial charge in [-0.2, -0.15) is 0 Å². The smallest absolute Gasteiger partial charge is 0.274 e. The van der Waals surface area contributed by atoms with Gasteiger partial charge in [-0.05, 0) is 42.5 Å². The first kappa shape index (κ1) is 14.5. The Hall–Kier alpha value is -3.41. The lowest BCUT2D eigenvalue weighted by atomic mass is 10.2. The van der Waals surface area contributed by atoms with Crippen molar-refractivity contribution in [2.24, 2.45) is 0 Å². The normalized spacial score (nSPS) is 10.1. The molecule has 114 valence electrons. The average Bonchev–Trinajstić information content (AvgIpc) is 2.56. The number of hydrogen-bond donors (Lipinski definition) is 3. The van der Waals surface area contributed by atoms with Crippen molar-refractivity contribution in [1.82, 2.24) is 9.97 Å². The maximum absolute atomic E-state index is 12.2. The van der Waals surface area contributed by atoms with Gasteiger partial charge in [0.15, 0.2) is 0 Å². The first-order chi connectivity index (χ1) is 11.2. The van der Waals surface area contributed by atoms with Crippen LogP contribution < -0.4 is 16.4 Å². The van der Waals surface area contributed by atoms with Gasteiger partial charge in [0.05, 0.1) is 0 Å². The number of hydrogen-bond acceptors (Lipinski definition) is 5. The average molecular weight is 305 g/mol. The Bertz CT molecular complexity index is 820. The number of aromatic nitrogens is 2. The molecule has 0 atom stereocenters. The van der Waals surface area contributed by atoms with E-state index in [1.165, 1.54) is 12.3 Å². The molecule has 0 radical (unpaired) electrons. The Kier molecular flexibility index (Phi) is 4.15. The summed E-state index contributed by atoms with van der Waals surface area (Å²) in [5.41, 5.74) is 8.88. The summed E-state index contributed by atoms with van der Waals surface area (Å²) in [6, 6.07) is 14.3. The van der Waals surface area contributed by atoms with Gasteiger partial charge in [0.1, 0.15) is 5.69 Å². The van der Waals surface area contributed by atoms with Crippen LogP contribution >= 0.6 is 0 Å². The monoisotopic (exact) mass is 305 g/mol. The number of carbonyl (C=O) groups excluding carboxylic acids is 1. The Morgan fingerprint density at radius 1 is 0.913 bits per heavy atom. The van der Waals surface area contributed by atoms with E-state index in [2.05, 4.69) is 20.6 Å². The van der Waals surface area contributed by atoms with Gasteiger partial charge in [-0.3, -0.25) is 14.8 Å².